The van der Waals surface area contributed by atoms with Gasteiger partial charge in [0.05, 0.1) is 11.3 Å². The van der Waals surface area contributed by atoms with E-state index in [1.165, 1.54) is 12.5 Å². The molecule has 104 valence electrons. The Morgan fingerprint density at radius 3 is 2.74 bits per heavy atom. The Morgan fingerprint density at radius 1 is 1.32 bits per heavy atom. The molecule has 3 nitrogen and oxygen atoms in total. The normalized spacial score (nSPS) is 16.1. The molecule has 1 aliphatic carbocycles. The smallest absolute Gasteiger partial charge is 0.253 e. The van der Waals surface area contributed by atoms with Crippen molar-refractivity contribution in [1.82, 2.24) is 5.32 Å². The monoisotopic (exact) mass is 264 g/mol. The predicted octanol–water partition coefficient (Wildman–Crippen LogP) is 3.32. The lowest BCUT2D eigenvalue weighted by molar-refractivity contribution is 0.0928. The fourth-order valence-corrected chi connectivity index (χ4v) is 2.58. The quantitative estimate of drug-likeness (QED) is 0.876. The van der Waals surface area contributed by atoms with E-state index in [0.29, 0.717) is 17.8 Å². The van der Waals surface area contributed by atoms with E-state index < -0.39 is 0 Å². The fourth-order valence-electron chi connectivity index (χ4n) is 2.58. The minimum atomic E-state index is -0.377. The largest absolute Gasteiger partial charge is 0.382 e. The van der Waals surface area contributed by atoms with E-state index in [0.717, 1.165) is 25.7 Å². The van der Waals surface area contributed by atoms with Crippen LogP contribution in [-0.4, -0.2) is 18.5 Å². The third-order valence-corrected chi connectivity index (χ3v) is 3.55. The van der Waals surface area contributed by atoms with Crippen LogP contribution in [-0.2, 0) is 0 Å². The summed E-state index contributed by atoms with van der Waals surface area (Å²) in [6.45, 7) is 2.47. The Labute approximate surface area is 113 Å². The number of rotatable bonds is 4. The highest BCUT2D eigenvalue weighted by Gasteiger charge is 2.19. The zero-order valence-electron chi connectivity index (χ0n) is 11.3. The standard InChI is InChI=1S/C15H21FN2O/c1-2-17-14-12(9-6-10-13(14)16)15(19)18-11-7-4-3-5-8-11/h6,9-11,17H,2-5,7-8H2,1H3,(H,18,19). The van der Waals surface area contributed by atoms with Crippen LogP contribution in [0, 0.1) is 5.82 Å². The van der Waals surface area contributed by atoms with Gasteiger partial charge in [-0.25, -0.2) is 4.39 Å². The highest BCUT2D eigenvalue weighted by Crippen LogP contribution is 2.22. The lowest BCUT2D eigenvalue weighted by atomic mass is 9.95. The third kappa shape index (κ3) is 3.46. The second-order valence-corrected chi connectivity index (χ2v) is 5.00. The molecule has 2 rings (SSSR count). The molecule has 0 bridgehead atoms. The molecule has 0 spiro atoms. The van der Waals surface area contributed by atoms with Crippen molar-refractivity contribution in [3.63, 3.8) is 0 Å². The van der Waals surface area contributed by atoms with Crippen molar-refractivity contribution < 1.29 is 9.18 Å². The molecule has 0 atom stereocenters. The first-order valence-electron chi connectivity index (χ1n) is 7.05. The number of benzene rings is 1. The molecule has 1 amide bonds. The van der Waals surface area contributed by atoms with Gasteiger partial charge in [-0.1, -0.05) is 25.3 Å². The molecule has 1 fully saturated rings. The Bertz CT molecular complexity index is 442. The molecule has 0 radical (unpaired) electrons. The molecule has 1 aromatic rings. The average molecular weight is 264 g/mol. The number of carbonyl (C=O) groups is 1. The third-order valence-electron chi connectivity index (χ3n) is 3.55. The minimum Gasteiger partial charge on any atom is -0.382 e. The molecule has 1 aromatic carbocycles. The molecular weight excluding hydrogens is 243 g/mol. The summed E-state index contributed by atoms with van der Waals surface area (Å²) < 4.78 is 13.7. The second kappa shape index (κ2) is 6.55. The van der Waals surface area contributed by atoms with Gasteiger partial charge in [-0.15, -0.1) is 0 Å². The summed E-state index contributed by atoms with van der Waals surface area (Å²) >= 11 is 0. The molecule has 4 heteroatoms. The van der Waals surface area contributed by atoms with E-state index in [1.807, 2.05) is 6.92 Å². The van der Waals surface area contributed by atoms with Crippen LogP contribution in [0.3, 0.4) is 0 Å². The van der Waals surface area contributed by atoms with Gasteiger partial charge in [0.25, 0.3) is 5.91 Å². The molecule has 0 heterocycles. The molecule has 1 aliphatic rings. The van der Waals surface area contributed by atoms with Gasteiger partial charge < -0.3 is 10.6 Å². The zero-order chi connectivity index (χ0) is 13.7. The molecule has 2 N–H and O–H groups in total. The first-order chi connectivity index (χ1) is 9.22. The number of amides is 1. The fraction of sp³-hybridized carbons (Fsp3) is 0.533. The van der Waals surface area contributed by atoms with Crippen LogP contribution in [0.5, 0.6) is 0 Å². The molecule has 0 unspecified atom stereocenters. The van der Waals surface area contributed by atoms with Crippen LogP contribution in [0.1, 0.15) is 49.4 Å². The summed E-state index contributed by atoms with van der Waals surface area (Å²) in [5.41, 5.74) is 0.700. The summed E-state index contributed by atoms with van der Waals surface area (Å²) in [6.07, 6.45) is 5.62. The molecule has 0 aromatic heterocycles. The topological polar surface area (TPSA) is 41.1 Å². The van der Waals surface area contributed by atoms with Crippen molar-refractivity contribution in [3.05, 3.63) is 29.6 Å². The van der Waals surface area contributed by atoms with E-state index in [1.54, 1.807) is 12.1 Å². The Hall–Kier alpha value is -1.58. The molecule has 0 aliphatic heterocycles. The second-order valence-electron chi connectivity index (χ2n) is 5.00. The SMILES string of the molecule is CCNc1c(F)cccc1C(=O)NC1CCCCC1. The van der Waals surface area contributed by atoms with E-state index in [-0.39, 0.29) is 17.8 Å². The highest BCUT2D eigenvalue weighted by atomic mass is 19.1. The first kappa shape index (κ1) is 13.8. The summed E-state index contributed by atoms with van der Waals surface area (Å²) in [5, 5.41) is 5.94. The first-order valence-corrected chi connectivity index (χ1v) is 7.05. The number of para-hydroxylation sites is 1. The summed E-state index contributed by atoms with van der Waals surface area (Å²) in [5.74, 6) is -0.555. The van der Waals surface area contributed by atoms with E-state index in [2.05, 4.69) is 10.6 Å². The summed E-state index contributed by atoms with van der Waals surface area (Å²) in [6, 6.07) is 4.85. The highest BCUT2D eigenvalue weighted by molar-refractivity contribution is 5.99. The van der Waals surface area contributed by atoms with Gasteiger partial charge in [0.1, 0.15) is 5.82 Å². The van der Waals surface area contributed by atoms with Crippen molar-refractivity contribution in [2.75, 3.05) is 11.9 Å². The number of nitrogens with one attached hydrogen (secondary N) is 2. The zero-order valence-corrected chi connectivity index (χ0v) is 11.3. The molecule has 19 heavy (non-hydrogen) atoms. The van der Waals surface area contributed by atoms with Crippen LogP contribution >= 0.6 is 0 Å². The van der Waals surface area contributed by atoms with Gasteiger partial charge in [0.2, 0.25) is 0 Å². The van der Waals surface area contributed by atoms with Crippen molar-refractivity contribution in [2.45, 2.75) is 45.1 Å². The van der Waals surface area contributed by atoms with Gasteiger partial charge >= 0.3 is 0 Å². The van der Waals surface area contributed by atoms with E-state index in [9.17, 15) is 9.18 Å². The van der Waals surface area contributed by atoms with Crippen molar-refractivity contribution in [1.29, 1.82) is 0 Å². The summed E-state index contributed by atoms with van der Waals surface area (Å²) in [4.78, 5) is 12.2. The van der Waals surface area contributed by atoms with Gasteiger partial charge in [-0.2, -0.15) is 0 Å². The van der Waals surface area contributed by atoms with Crippen molar-refractivity contribution in [2.24, 2.45) is 0 Å². The molecule has 1 saturated carbocycles. The van der Waals surface area contributed by atoms with Gasteiger partial charge in [-0.05, 0) is 31.9 Å². The average Bonchev–Trinajstić information content (AvgIpc) is 2.42. The number of anilines is 1. The number of halogens is 1. The summed E-state index contributed by atoms with van der Waals surface area (Å²) in [7, 11) is 0. The van der Waals surface area contributed by atoms with Gasteiger partial charge in [0.15, 0.2) is 0 Å². The molecule has 0 saturated heterocycles. The Balaban J connectivity index is 2.11. The maximum Gasteiger partial charge on any atom is 0.253 e. The van der Waals surface area contributed by atoms with Crippen LogP contribution in [0.25, 0.3) is 0 Å². The maximum absolute atomic E-state index is 13.7. The van der Waals surface area contributed by atoms with Gasteiger partial charge in [-0.3, -0.25) is 4.79 Å². The lowest BCUT2D eigenvalue weighted by Gasteiger charge is -2.23. The minimum absolute atomic E-state index is 0.178. The van der Waals surface area contributed by atoms with Crippen LogP contribution in [0.4, 0.5) is 10.1 Å². The number of hydrogen-bond donors (Lipinski definition) is 2. The Morgan fingerprint density at radius 2 is 2.05 bits per heavy atom. The van der Waals surface area contributed by atoms with E-state index >= 15 is 0 Å². The van der Waals surface area contributed by atoms with Crippen molar-refractivity contribution >= 4 is 11.6 Å². The molecular formula is C15H21FN2O. The maximum atomic E-state index is 13.7. The lowest BCUT2D eigenvalue weighted by Crippen LogP contribution is -2.36. The Kier molecular flexibility index (Phi) is 4.77. The van der Waals surface area contributed by atoms with Crippen LogP contribution < -0.4 is 10.6 Å². The number of carbonyl (C=O) groups excluding carboxylic acids is 1. The van der Waals surface area contributed by atoms with Gasteiger partial charge in [0, 0.05) is 12.6 Å². The van der Waals surface area contributed by atoms with Crippen LogP contribution in [0.2, 0.25) is 0 Å². The number of hydrogen-bond acceptors (Lipinski definition) is 2. The predicted molar refractivity (Wildman–Crippen MR) is 74.9 cm³/mol. The van der Waals surface area contributed by atoms with Crippen LogP contribution in [0.15, 0.2) is 18.2 Å². The van der Waals surface area contributed by atoms with Crippen molar-refractivity contribution in [3.8, 4) is 0 Å². The van der Waals surface area contributed by atoms with E-state index in [4.69, 9.17) is 0 Å².